The average Bonchev–Trinajstić information content (AvgIpc) is 3.39. The molecule has 4 rings (SSSR count). The van der Waals surface area contributed by atoms with Crippen LogP contribution in [0.2, 0.25) is 0 Å². The second kappa shape index (κ2) is 10.0. The third kappa shape index (κ3) is 5.32. The van der Waals surface area contributed by atoms with Crippen LogP contribution in [-0.4, -0.2) is 37.1 Å². The van der Waals surface area contributed by atoms with Crippen molar-refractivity contribution < 1.29 is 22.4 Å². The molecule has 172 valence electrons. The second-order valence-electron chi connectivity index (χ2n) is 7.79. The first-order valence-corrected chi connectivity index (χ1v) is 12.2. The molecule has 2 heterocycles. The molecular weight excluding hydrogens is 442 g/mol. The number of furan rings is 1. The smallest absolute Gasteiger partial charge is 0.291 e. The molecule has 8 nitrogen and oxygen atoms in total. The van der Waals surface area contributed by atoms with E-state index in [1.165, 1.54) is 10.6 Å². The highest BCUT2D eigenvalue weighted by Gasteiger charge is 2.37. The summed E-state index contributed by atoms with van der Waals surface area (Å²) in [4.78, 5) is 25.2. The van der Waals surface area contributed by atoms with E-state index in [1.54, 1.807) is 66.7 Å². The molecule has 2 amide bonds. The normalized spacial score (nSPS) is 16.8. The Bertz CT molecular complexity index is 1190. The van der Waals surface area contributed by atoms with Crippen LogP contribution >= 0.6 is 0 Å². The Balaban J connectivity index is 1.37. The summed E-state index contributed by atoms with van der Waals surface area (Å²) in [6.07, 6.45) is 3.43. The van der Waals surface area contributed by atoms with Gasteiger partial charge >= 0.3 is 0 Å². The minimum absolute atomic E-state index is 0.192. The summed E-state index contributed by atoms with van der Waals surface area (Å²) in [5.74, 6) is -0.448. The summed E-state index contributed by atoms with van der Waals surface area (Å²) in [5.41, 5.74) is 1.42. The summed E-state index contributed by atoms with van der Waals surface area (Å²) >= 11 is 0. The maximum Gasteiger partial charge on any atom is 0.291 e. The van der Waals surface area contributed by atoms with Crippen LogP contribution in [0, 0.1) is 0 Å². The summed E-state index contributed by atoms with van der Waals surface area (Å²) in [7, 11) is -3.75. The van der Waals surface area contributed by atoms with Gasteiger partial charge in [-0.25, -0.2) is 8.42 Å². The Morgan fingerprint density at radius 3 is 2.42 bits per heavy atom. The lowest BCUT2D eigenvalue weighted by atomic mass is 10.0. The minimum Gasteiger partial charge on any atom is -0.459 e. The molecule has 0 saturated carbocycles. The van der Waals surface area contributed by atoms with Gasteiger partial charge in [0.05, 0.1) is 11.2 Å². The van der Waals surface area contributed by atoms with Crippen LogP contribution in [0.25, 0.3) is 0 Å². The van der Waals surface area contributed by atoms with Crippen LogP contribution in [0.5, 0.6) is 0 Å². The zero-order valence-electron chi connectivity index (χ0n) is 17.9. The molecule has 0 radical (unpaired) electrons. The number of nitrogens with one attached hydrogen (secondary N) is 2. The number of sulfonamides is 1. The lowest BCUT2D eigenvalue weighted by Crippen LogP contribution is -2.51. The highest BCUT2D eigenvalue weighted by Crippen LogP contribution is 2.25. The van der Waals surface area contributed by atoms with Gasteiger partial charge in [0.2, 0.25) is 15.9 Å². The molecule has 1 aliphatic rings. The molecule has 0 spiro atoms. The Morgan fingerprint density at radius 2 is 1.73 bits per heavy atom. The molecule has 1 atom stereocenters. The van der Waals surface area contributed by atoms with Crippen molar-refractivity contribution in [3.05, 3.63) is 84.3 Å². The number of benzene rings is 2. The third-order valence-corrected chi connectivity index (χ3v) is 7.45. The van der Waals surface area contributed by atoms with Gasteiger partial charge in [-0.1, -0.05) is 36.8 Å². The van der Waals surface area contributed by atoms with E-state index in [2.05, 4.69) is 10.6 Å². The highest BCUT2D eigenvalue weighted by molar-refractivity contribution is 7.89. The summed E-state index contributed by atoms with van der Waals surface area (Å²) in [6, 6.07) is 17.7. The standard InChI is InChI=1S/C24H25N3O5S/c28-23(21-9-4-5-15-27(21)33(30,31)20-7-2-1-3-8-20)25-17-18-11-13-19(14-12-18)26-24(29)22-10-6-16-32-22/h1-3,6-8,10-14,16,21H,4-5,9,15,17H2,(H,25,28)(H,26,29). The van der Waals surface area contributed by atoms with Crippen molar-refractivity contribution in [1.29, 1.82) is 0 Å². The van der Waals surface area contributed by atoms with E-state index in [9.17, 15) is 18.0 Å². The van der Waals surface area contributed by atoms with Gasteiger partial charge in [0.15, 0.2) is 5.76 Å². The number of carbonyl (C=O) groups excluding carboxylic acids is 2. The van der Waals surface area contributed by atoms with Crippen molar-refractivity contribution in [2.24, 2.45) is 0 Å². The molecule has 3 aromatic rings. The maximum absolute atomic E-state index is 13.1. The van der Waals surface area contributed by atoms with Gasteiger partial charge in [-0.15, -0.1) is 0 Å². The number of hydrogen-bond donors (Lipinski definition) is 2. The second-order valence-corrected chi connectivity index (χ2v) is 9.68. The van der Waals surface area contributed by atoms with Crippen LogP contribution in [0.3, 0.4) is 0 Å². The van der Waals surface area contributed by atoms with Gasteiger partial charge in [0.25, 0.3) is 5.91 Å². The lowest BCUT2D eigenvalue weighted by Gasteiger charge is -2.33. The van der Waals surface area contributed by atoms with E-state index >= 15 is 0 Å². The van der Waals surface area contributed by atoms with Gasteiger partial charge in [-0.05, 0) is 54.8 Å². The fraction of sp³-hybridized carbons (Fsp3) is 0.250. The van der Waals surface area contributed by atoms with Crippen LogP contribution in [0.4, 0.5) is 5.69 Å². The first kappa shape index (κ1) is 22.8. The molecule has 1 aromatic heterocycles. The summed E-state index contributed by atoms with van der Waals surface area (Å²) < 4.78 is 32.6. The van der Waals surface area contributed by atoms with E-state index in [1.807, 2.05) is 0 Å². The van der Waals surface area contributed by atoms with Crippen LogP contribution in [0.15, 0.2) is 82.3 Å². The lowest BCUT2D eigenvalue weighted by molar-refractivity contribution is -0.125. The zero-order valence-corrected chi connectivity index (χ0v) is 18.8. The predicted octanol–water partition coefficient (Wildman–Crippen LogP) is 3.39. The topological polar surface area (TPSA) is 109 Å². The van der Waals surface area contributed by atoms with Gasteiger partial charge in [-0.3, -0.25) is 9.59 Å². The van der Waals surface area contributed by atoms with Crippen LogP contribution < -0.4 is 10.6 Å². The van der Waals surface area contributed by atoms with Crippen molar-refractivity contribution in [1.82, 2.24) is 9.62 Å². The van der Waals surface area contributed by atoms with Gasteiger partial charge in [-0.2, -0.15) is 4.31 Å². The van der Waals surface area contributed by atoms with Crippen molar-refractivity contribution in [2.45, 2.75) is 36.7 Å². The van der Waals surface area contributed by atoms with Gasteiger partial charge in [0.1, 0.15) is 6.04 Å². The van der Waals surface area contributed by atoms with E-state index in [-0.39, 0.29) is 29.0 Å². The molecule has 1 fully saturated rings. The van der Waals surface area contributed by atoms with E-state index in [0.29, 0.717) is 18.7 Å². The quantitative estimate of drug-likeness (QED) is 0.554. The van der Waals surface area contributed by atoms with Gasteiger partial charge < -0.3 is 15.1 Å². The van der Waals surface area contributed by atoms with Crippen molar-refractivity contribution in [3.63, 3.8) is 0 Å². The molecular formula is C24H25N3O5S. The van der Waals surface area contributed by atoms with E-state index in [4.69, 9.17) is 4.42 Å². The monoisotopic (exact) mass is 467 g/mol. The largest absolute Gasteiger partial charge is 0.459 e. The van der Waals surface area contributed by atoms with Crippen LogP contribution in [-0.2, 0) is 21.4 Å². The first-order valence-electron chi connectivity index (χ1n) is 10.7. The van der Waals surface area contributed by atoms with Crippen LogP contribution in [0.1, 0.15) is 35.4 Å². The Labute approximate surface area is 192 Å². The van der Waals surface area contributed by atoms with E-state index < -0.39 is 16.1 Å². The number of hydrogen-bond acceptors (Lipinski definition) is 5. The first-order chi connectivity index (χ1) is 15.9. The number of amides is 2. The zero-order chi connectivity index (χ0) is 23.3. The average molecular weight is 468 g/mol. The molecule has 9 heteroatoms. The third-order valence-electron chi connectivity index (χ3n) is 5.53. The summed E-state index contributed by atoms with van der Waals surface area (Å²) in [6.45, 7) is 0.570. The molecule has 0 aliphatic carbocycles. The number of nitrogens with zero attached hydrogens (tertiary/aromatic N) is 1. The molecule has 2 N–H and O–H groups in total. The number of rotatable bonds is 7. The molecule has 1 aliphatic heterocycles. The van der Waals surface area contributed by atoms with Crippen molar-refractivity contribution >= 4 is 27.5 Å². The Kier molecular flexibility index (Phi) is 6.90. The Hall–Kier alpha value is -3.43. The number of carbonyl (C=O) groups is 2. The molecule has 1 saturated heterocycles. The Morgan fingerprint density at radius 1 is 0.970 bits per heavy atom. The molecule has 0 bridgehead atoms. The molecule has 1 unspecified atom stereocenters. The fourth-order valence-electron chi connectivity index (χ4n) is 3.80. The maximum atomic E-state index is 13.1. The number of anilines is 1. The highest BCUT2D eigenvalue weighted by atomic mass is 32.2. The van der Waals surface area contributed by atoms with Gasteiger partial charge in [0, 0.05) is 18.8 Å². The molecule has 33 heavy (non-hydrogen) atoms. The number of piperidine rings is 1. The van der Waals surface area contributed by atoms with E-state index in [0.717, 1.165) is 18.4 Å². The SMILES string of the molecule is O=C(Nc1ccc(CNC(=O)C2CCCCN2S(=O)(=O)c2ccccc2)cc1)c1ccco1. The minimum atomic E-state index is -3.75. The summed E-state index contributed by atoms with van der Waals surface area (Å²) in [5, 5.41) is 5.59. The molecule has 2 aromatic carbocycles. The van der Waals surface area contributed by atoms with Crippen molar-refractivity contribution in [3.8, 4) is 0 Å². The van der Waals surface area contributed by atoms with Crippen molar-refractivity contribution in [2.75, 3.05) is 11.9 Å². The predicted molar refractivity (Wildman–Crippen MR) is 123 cm³/mol. The fourth-order valence-corrected chi connectivity index (χ4v) is 5.47.